The molecular weight excluding hydrogens is 198 g/mol. The monoisotopic (exact) mass is 211 g/mol. The number of nitrogens with zero attached hydrogens (tertiary/aromatic N) is 1. The third kappa shape index (κ3) is 3.44. The summed E-state index contributed by atoms with van der Waals surface area (Å²) in [4.78, 5) is 2.20. The second kappa shape index (κ2) is 4.13. The lowest BCUT2D eigenvalue weighted by Crippen LogP contribution is -2.45. The van der Waals surface area contributed by atoms with Crippen molar-refractivity contribution in [3.8, 4) is 0 Å². The SMILES string of the molecule is CC(C(N)=S)S(=O)(=O)NN(C)C. The van der Waals surface area contributed by atoms with Gasteiger partial charge in [0.1, 0.15) is 5.25 Å². The predicted octanol–water partition coefficient (Wildman–Crippen LogP) is -0.943. The molecule has 7 heteroatoms. The molecule has 5 nitrogen and oxygen atoms in total. The van der Waals surface area contributed by atoms with Gasteiger partial charge in [0.15, 0.2) is 0 Å². The first kappa shape index (κ1) is 11.8. The maximum Gasteiger partial charge on any atom is 0.233 e. The van der Waals surface area contributed by atoms with Gasteiger partial charge >= 0.3 is 0 Å². The maximum atomic E-state index is 11.3. The van der Waals surface area contributed by atoms with Gasteiger partial charge in [-0.1, -0.05) is 12.2 Å². The fourth-order valence-electron chi connectivity index (χ4n) is 0.486. The van der Waals surface area contributed by atoms with Crippen LogP contribution in [0.5, 0.6) is 0 Å². The first-order chi connectivity index (χ1) is 5.27. The van der Waals surface area contributed by atoms with Gasteiger partial charge in [-0.15, -0.1) is 4.83 Å². The summed E-state index contributed by atoms with van der Waals surface area (Å²) in [6.45, 7) is 1.44. The third-order valence-electron chi connectivity index (χ3n) is 1.18. The van der Waals surface area contributed by atoms with Gasteiger partial charge in [-0.2, -0.15) is 0 Å². The number of sulfonamides is 1. The van der Waals surface area contributed by atoms with Crippen molar-refractivity contribution < 1.29 is 8.42 Å². The Morgan fingerprint density at radius 1 is 1.58 bits per heavy atom. The average molecular weight is 211 g/mol. The fraction of sp³-hybridized carbons (Fsp3) is 0.800. The zero-order valence-electron chi connectivity index (χ0n) is 7.23. The number of nitrogens with two attached hydrogens (primary N) is 1. The molecule has 0 radical (unpaired) electrons. The fourth-order valence-corrected chi connectivity index (χ4v) is 1.84. The quantitative estimate of drug-likeness (QED) is 0.463. The molecule has 0 aromatic heterocycles. The number of hydrogen-bond donors (Lipinski definition) is 2. The van der Waals surface area contributed by atoms with Crippen LogP contribution in [-0.4, -0.2) is 37.8 Å². The second-order valence-corrected chi connectivity index (χ2v) is 5.03. The van der Waals surface area contributed by atoms with E-state index in [1.54, 1.807) is 14.1 Å². The van der Waals surface area contributed by atoms with E-state index in [0.717, 1.165) is 0 Å². The lowest BCUT2D eigenvalue weighted by atomic mass is 10.5. The van der Waals surface area contributed by atoms with Crippen molar-refractivity contribution in [2.75, 3.05) is 14.1 Å². The molecule has 1 unspecified atom stereocenters. The van der Waals surface area contributed by atoms with Crippen LogP contribution in [0.3, 0.4) is 0 Å². The lowest BCUT2D eigenvalue weighted by Gasteiger charge is -2.16. The molecule has 1 atom stereocenters. The Bertz CT molecular complexity index is 260. The molecule has 0 heterocycles. The molecule has 0 aliphatic rings. The van der Waals surface area contributed by atoms with E-state index < -0.39 is 15.3 Å². The minimum Gasteiger partial charge on any atom is -0.392 e. The Balaban J connectivity index is 4.52. The van der Waals surface area contributed by atoms with Crippen molar-refractivity contribution in [2.24, 2.45) is 5.73 Å². The molecule has 0 saturated carbocycles. The Labute approximate surface area is 77.9 Å². The standard InChI is InChI=1S/C5H13N3O2S2/c1-4(5(6)11)12(9,10)7-8(2)3/h4,7H,1-3H3,(H2,6,11). The van der Waals surface area contributed by atoms with Gasteiger partial charge in [-0.25, -0.2) is 13.4 Å². The van der Waals surface area contributed by atoms with E-state index in [-0.39, 0.29) is 4.99 Å². The van der Waals surface area contributed by atoms with Crippen LogP contribution in [0.15, 0.2) is 0 Å². The smallest absolute Gasteiger partial charge is 0.233 e. The summed E-state index contributed by atoms with van der Waals surface area (Å²) in [5.41, 5.74) is 5.19. The van der Waals surface area contributed by atoms with E-state index >= 15 is 0 Å². The van der Waals surface area contributed by atoms with Crippen LogP contribution >= 0.6 is 12.2 Å². The highest BCUT2D eigenvalue weighted by atomic mass is 32.2. The Morgan fingerprint density at radius 3 is 2.25 bits per heavy atom. The summed E-state index contributed by atoms with van der Waals surface area (Å²) in [5, 5.41) is 0.472. The lowest BCUT2D eigenvalue weighted by molar-refractivity contribution is 0.363. The Kier molecular flexibility index (Phi) is 4.04. The van der Waals surface area contributed by atoms with Gasteiger partial charge in [0.25, 0.3) is 0 Å². The van der Waals surface area contributed by atoms with Crippen LogP contribution in [0.4, 0.5) is 0 Å². The predicted molar refractivity (Wildman–Crippen MR) is 52.0 cm³/mol. The minimum absolute atomic E-state index is 0.0376. The van der Waals surface area contributed by atoms with E-state index in [2.05, 4.69) is 17.0 Å². The summed E-state index contributed by atoms with van der Waals surface area (Å²) in [5.74, 6) is 0. The summed E-state index contributed by atoms with van der Waals surface area (Å²) >= 11 is 4.56. The molecular formula is C5H13N3O2S2. The van der Waals surface area contributed by atoms with Crippen molar-refractivity contribution in [3.05, 3.63) is 0 Å². The van der Waals surface area contributed by atoms with Crippen molar-refractivity contribution in [1.29, 1.82) is 0 Å². The molecule has 0 bridgehead atoms. The molecule has 0 aromatic rings. The molecule has 0 saturated heterocycles. The summed E-state index contributed by atoms with van der Waals surface area (Å²) in [7, 11) is -0.303. The van der Waals surface area contributed by atoms with Crippen LogP contribution in [0, 0.1) is 0 Å². The van der Waals surface area contributed by atoms with Gasteiger partial charge in [-0.3, -0.25) is 0 Å². The zero-order chi connectivity index (χ0) is 9.94. The van der Waals surface area contributed by atoms with Gasteiger partial charge in [0, 0.05) is 14.1 Å². The topological polar surface area (TPSA) is 75.4 Å². The van der Waals surface area contributed by atoms with Crippen LogP contribution in [0.1, 0.15) is 6.92 Å². The van der Waals surface area contributed by atoms with Gasteiger partial charge < -0.3 is 5.73 Å². The first-order valence-electron chi connectivity index (χ1n) is 3.25. The second-order valence-electron chi connectivity index (χ2n) is 2.58. The summed E-state index contributed by atoms with van der Waals surface area (Å²) < 4.78 is 22.5. The highest BCUT2D eigenvalue weighted by Gasteiger charge is 2.23. The van der Waals surface area contributed by atoms with E-state index in [9.17, 15) is 8.42 Å². The van der Waals surface area contributed by atoms with Crippen LogP contribution in [0.25, 0.3) is 0 Å². The van der Waals surface area contributed by atoms with Crippen molar-refractivity contribution >= 4 is 27.2 Å². The van der Waals surface area contributed by atoms with Crippen molar-refractivity contribution in [3.63, 3.8) is 0 Å². The zero-order valence-corrected chi connectivity index (χ0v) is 8.87. The summed E-state index contributed by atoms with van der Waals surface area (Å²) in [6.07, 6.45) is 0. The molecule has 0 rings (SSSR count). The minimum atomic E-state index is -3.45. The maximum absolute atomic E-state index is 11.3. The average Bonchev–Trinajstić information content (AvgIpc) is 1.82. The van der Waals surface area contributed by atoms with Crippen molar-refractivity contribution in [2.45, 2.75) is 12.2 Å². The Morgan fingerprint density at radius 2 is 2.00 bits per heavy atom. The molecule has 0 aliphatic heterocycles. The number of rotatable bonds is 4. The highest BCUT2D eigenvalue weighted by Crippen LogP contribution is 1.98. The molecule has 0 amide bonds. The third-order valence-corrected chi connectivity index (χ3v) is 3.48. The molecule has 3 N–H and O–H groups in total. The van der Waals surface area contributed by atoms with Gasteiger partial charge in [-0.05, 0) is 6.92 Å². The summed E-state index contributed by atoms with van der Waals surface area (Å²) in [6, 6.07) is 0. The molecule has 0 aromatic carbocycles. The number of hydrazine groups is 1. The molecule has 0 fully saturated rings. The molecule has 0 aliphatic carbocycles. The van der Waals surface area contributed by atoms with E-state index in [0.29, 0.717) is 0 Å². The first-order valence-corrected chi connectivity index (χ1v) is 5.20. The largest absolute Gasteiger partial charge is 0.392 e. The van der Waals surface area contributed by atoms with Crippen LogP contribution in [0.2, 0.25) is 0 Å². The van der Waals surface area contributed by atoms with Gasteiger partial charge in [0.2, 0.25) is 10.0 Å². The number of hydrogen-bond acceptors (Lipinski definition) is 4. The number of thiocarbonyl (C=S) groups is 1. The van der Waals surface area contributed by atoms with E-state index in [1.807, 2.05) is 0 Å². The van der Waals surface area contributed by atoms with Crippen LogP contribution in [-0.2, 0) is 10.0 Å². The molecule has 0 spiro atoms. The number of nitrogens with one attached hydrogen (secondary N) is 1. The van der Waals surface area contributed by atoms with Crippen molar-refractivity contribution in [1.82, 2.24) is 9.84 Å². The highest BCUT2D eigenvalue weighted by molar-refractivity contribution is 7.92. The van der Waals surface area contributed by atoms with E-state index in [4.69, 9.17) is 5.73 Å². The molecule has 72 valence electrons. The van der Waals surface area contributed by atoms with E-state index in [1.165, 1.54) is 11.9 Å². The van der Waals surface area contributed by atoms with Gasteiger partial charge in [0.05, 0.1) is 4.99 Å². The van der Waals surface area contributed by atoms with Crippen LogP contribution < -0.4 is 10.6 Å². The normalized spacial score (nSPS) is 14.7. The Hall–Kier alpha value is -0.240. The molecule has 12 heavy (non-hydrogen) atoms.